The van der Waals surface area contributed by atoms with Gasteiger partial charge in [-0.3, -0.25) is 0 Å². The summed E-state index contributed by atoms with van der Waals surface area (Å²) >= 11 is 0. The zero-order chi connectivity index (χ0) is 13.8. The molecule has 112 valence electrons. The molecule has 19 heavy (non-hydrogen) atoms. The van der Waals surface area contributed by atoms with E-state index in [1.807, 2.05) is 6.08 Å². The van der Waals surface area contributed by atoms with Crippen LogP contribution in [-0.2, 0) is 9.47 Å². The average molecular weight is 268 g/mol. The molecule has 0 aromatic heterocycles. The van der Waals surface area contributed by atoms with Crippen LogP contribution in [0.1, 0.15) is 71.1 Å². The summed E-state index contributed by atoms with van der Waals surface area (Å²) in [6, 6.07) is 0. The van der Waals surface area contributed by atoms with Crippen molar-refractivity contribution in [1.29, 1.82) is 0 Å². The summed E-state index contributed by atoms with van der Waals surface area (Å²) in [5.74, 6) is 0.833. The molecule has 2 atom stereocenters. The van der Waals surface area contributed by atoms with Crippen LogP contribution in [0, 0.1) is 5.92 Å². The average Bonchev–Trinajstić information content (AvgIpc) is 2.44. The van der Waals surface area contributed by atoms with E-state index in [0.717, 1.165) is 25.6 Å². The molecule has 0 aromatic rings. The van der Waals surface area contributed by atoms with Crippen molar-refractivity contribution in [2.75, 3.05) is 13.2 Å². The lowest BCUT2D eigenvalue weighted by Crippen LogP contribution is -2.22. The van der Waals surface area contributed by atoms with Crippen LogP contribution in [-0.4, -0.2) is 19.5 Å². The Morgan fingerprint density at radius 1 is 1.21 bits per heavy atom. The van der Waals surface area contributed by atoms with Crippen molar-refractivity contribution in [2.45, 2.75) is 77.4 Å². The second kappa shape index (κ2) is 11.5. The summed E-state index contributed by atoms with van der Waals surface area (Å²) in [5.41, 5.74) is 0. The summed E-state index contributed by atoms with van der Waals surface area (Å²) < 4.78 is 11.3. The predicted octanol–water partition coefficient (Wildman–Crippen LogP) is 5.08. The lowest BCUT2D eigenvalue weighted by Gasteiger charge is -2.22. The zero-order valence-corrected chi connectivity index (χ0v) is 12.7. The Bertz CT molecular complexity index is 209. The summed E-state index contributed by atoms with van der Waals surface area (Å²) in [5, 5.41) is 0. The molecule has 0 aliphatic carbocycles. The first kappa shape index (κ1) is 16.7. The van der Waals surface area contributed by atoms with Crippen LogP contribution in [0.3, 0.4) is 0 Å². The molecule has 1 aliphatic heterocycles. The molecular weight excluding hydrogens is 236 g/mol. The molecule has 0 bridgehead atoms. The molecular formula is C17H32O2. The molecule has 1 rings (SSSR count). The number of allylic oxidation sites excluding steroid dienone is 1. The number of ether oxygens (including phenoxy) is 2. The van der Waals surface area contributed by atoms with Crippen LogP contribution in [0.15, 0.2) is 12.7 Å². The third-order valence-electron chi connectivity index (χ3n) is 3.89. The summed E-state index contributed by atoms with van der Waals surface area (Å²) in [6.45, 7) is 7.87. The van der Waals surface area contributed by atoms with Crippen molar-refractivity contribution in [1.82, 2.24) is 0 Å². The Balaban J connectivity index is 1.86. The zero-order valence-electron chi connectivity index (χ0n) is 12.7. The van der Waals surface area contributed by atoms with E-state index in [0.29, 0.717) is 0 Å². The van der Waals surface area contributed by atoms with Gasteiger partial charge in [-0.2, -0.15) is 0 Å². The van der Waals surface area contributed by atoms with Gasteiger partial charge in [0.1, 0.15) is 0 Å². The highest BCUT2D eigenvalue weighted by atomic mass is 16.7. The van der Waals surface area contributed by atoms with Crippen LogP contribution in [0.2, 0.25) is 0 Å². The molecule has 1 saturated heterocycles. The van der Waals surface area contributed by atoms with Gasteiger partial charge in [0.25, 0.3) is 0 Å². The van der Waals surface area contributed by atoms with Crippen LogP contribution in [0.4, 0.5) is 0 Å². The highest BCUT2D eigenvalue weighted by Crippen LogP contribution is 2.17. The van der Waals surface area contributed by atoms with Crippen molar-refractivity contribution in [3.05, 3.63) is 12.7 Å². The first-order valence-electron chi connectivity index (χ1n) is 8.17. The van der Waals surface area contributed by atoms with E-state index >= 15 is 0 Å². The Kier molecular flexibility index (Phi) is 10.1. The third kappa shape index (κ3) is 9.23. The molecule has 0 saturated carbocycles. The maximum Gasteiger partial charge on any atom is 0.157 e. The highest BCUT2D eigenvalue weighted by molar-refractivity contribution is 4.65. The summed E-state index contributed by atoms with van der Waals surface area (Å²) in [4.78, 5) is 0. The quantitative estimate of drug-likeness (QED) is 0.384. The second-order valence-electron chi connectivity index (χ2n) is 5.84. The topological polar surface area (TPSA) is 18.5 Å². The maximum atomic E-state index is 5.76. The lowest BCUT2D eigenvalue weighted by molar-refractivity contribution is -0.163. The fourth-order valence-corrected chi connectivity index (χ4v) is 2.59. The van der Waals surface area contributed by atoms with Crippen LogP contribution in [0.25, 0.3) is 0 Å². The van der Waals surface area contributed by atoms with E-state index in [1.54, 1.807) is 0 Å². The van der Waals surface area contributed by atoms with E-state index in [9.17, 15) is 0 Å². The first-order chi connectivity index (χ1) is 9.33. The van der Waals surface area contributed by atoms with E-state index in [4.69, 9.17) is 9.47 Å². The summed E-state index contributed by atoms with van der Waals surface area (Å²) in [6.07, 6.45) is 14.6. The van der Waals surface area contributed by atoms with Crippen molar-refractivity contribution in [3.8, 4) is 0 Å². The molecule has 0 spiro atoms. The van der Waals surface area contributed by atoms with Crippen LogP contribution >= 0.6 is 0 Å². The third-order valence-corrected chi connectivity index (χ3v) is 3.89. The number of hydrogen-bond donors (Lipinski definition) is 0. The van der Waals surface area contributed by atoms with E-state index in [-0.39, 0.29) is 6.29 Å². The van der Waals surface area contributed by atoms with E-state index in [2.05, 4.69) is 13.5 Å². The molecule has 0 N–H and O–H groups in total. The van der Waals surface area contributed by atoms with Gasteiger partial charge in [0.2, 0.25) is 0 Å². The van der Waals surface area contributed by atoms with Gasteiger partial charge in [0, 0.05) is 13.2 Å². The van der Waals surface area contributed by atoms with Crippen molar-refractivity contribution in [2.24, 2.45) is 5.92 Å². The fraction of sp³-hybridized carbons (Fsp3) is 0.882. The molecule has 1 heterocycles. The number of rotatable bonds is 11. The van der Waals surface area contributed by atoms with Gasteiger partial charge in [0.15, 0.2) is 6.29 Å². The van der Waals surface area contributed by atoms with Gasteiger partial charge in [0.05, 0.1) is 0 Å². The van der Waals surface area contributed by atoms with Crippen molar-refractivity contribution >= 4 is 0 Å². The van der Waals surface area contributed by atoms with Gasteiger partial charge >= 0.3 is 0 Å². The molecule has 0 radical (unpaired) electrons. The summed E-state index contributed by atoms with van der Waals surface area (Å²) in [7, 11) is 0. The molecule has 1 aliphatic rings. The second-order valence-corrected chi connectivity index (χ2v) is 5.84. The molecule has 0 aromatic carbocycles. The van der Waals surface area contributed by atoms with Gasteiger partial charge < -0.3 is 9.47 Å². The van der Waals surface area contributed by atoms with Crippen molar-refractivity contribution in [3.63, 3.8) is 0 Å². The minimum absolute atomic E-state index is 0.0861. The molecule has 1 unspecified atom stereocenters. The van der Waals surface area contributed by atoms with E-state index < -0.39 is 0 Å². The highest BCUT2D eigenvalue weighted by Gasteiger charge is 2.13. The lowest BCUT2D eigenvalue weighted by atomic mass is 9.98. The Morgan fingerprint density at radius 2 is 2.05 bits per heavy atom. The van der Waals surface area contributed by atoms with Crippen molar-refractivity contribution < 1.29 is 9.47 Å². The van der Waals surface area contributed by atoms with Crippen LogP contribution in [0.5, 0.6) is 0 Å². The molecule has 2 heteroatoms. The Labute approximate surface area is 119 Å². The standard InChI is InChI=1S/C17H32O2/c1-3-4-5-6-7-11-16(2)12-10-15-19-17-13-8-9-14-18-17/h3,16-17H,1,4-15H2,2H3/t16-,17?/m1/s1. The van der Waals surface area contributed by atoms with Crippen LogP contribution < -0.4 is 0 Å². The van der Waals surface area contributed by atoms with Gasteiger partial charge in [-0.05, 0) is 50.9 Å². The fourth-order valence-electron chi connectivity index (χ4n) is 2.59. The Hall–Kier alpha value is -0.340. The number of unbranched alkanes of at least 4 members (excludes halogenated alkanes) is 3. The van der Waals surface area contributed by atoms with Gasteiger partial charge in [-0.25, -0.2) is 0 Å². The Morgan fingerprint density at radius 3 is 2.79 bits per heavy atom. The van der Waals surface area contributed by atoms with Gasteiger partial charge in [-0.1, -0.05) is 32.3 Å². The molecule has 1 fully saturated rings. The van der Waals surface area contributed by atoms with E-state index in [1.165, 1.54) is 57.8 Å². The molecule has 2 nitrogen and oxygen atoms in total. The minimum Gasteiger partial charge on any atom is -0.353 e. The monoisotopic (exact) mass is 268 g/mol. The first-order valence-corrected chi connectivity index (χ1v) is 8.17. The largest absolute Gasteiger partial charge is 0.353 e. The smallest absolute Gasteiger partial charge is 0.157 e. The van der Waals surface area contributed by atoms with Gasteiger partial charge in [-0.15, -0.1) is 6.58 Å². The normalized spacial score (nSPS) is 21.2. The predicted molar refractivity (Wildman–Crippen MR) is 81.2 cm³/mol. The minimum atomic E-state index is 0.0861. The number of hydrogen-bond acceptors (Lipinski definition) is 2. The molecule has 0 amide bonds. The SMILES string of the molecule is C=CCCCCC[C@@H](C)CCCOC1CCCCO1. The maximum absolute atomic E-state index is 5.76.